The number of para-hydroxylation sites is 2. The lowest BCUT2D eigenvalue weighted by atomic mass is 10.1. The van der Waals surface area contributed by atoms with Gasteiger partial charge in [0.05, 0.1) is 17.9 Å². The number of fused-ring (bicyclic) bond motifs is 2. The van der Waals surface area contributed by atoms with Crippen LogP contribution in [0.15, 0.2) is 126 Å². The van der Waals surface area contributed by atoms with Crippen LogP contribution in [-0.4, -0.2) is 22.7 Å². The van der Waals surface area contributed by atoms with Gasteiger partial charge >= 0.3 is 0 Å². The average molecular weight is 755 g/mol. The van der Waals surface area contributed by atoms with Crippen LogP contribution in [0, 0.1) is 0 Å². The minimum absolute atomic E-state index is 0. The fraction of sp³-hybridized carbons (Fsp3) is 0.154. The van der Waals surface area contributed by atoms with Gasteiger partial charge in [-0.25, -0.2) is 4.57 Å². The number of imidazole rings is 1. The Hall–Kier alpha value is -4.47. The Morgan fingerprint density at radius 2 is 1.40 bits per heavy atom. The highest BCUT2D eigenvalue weighted by atomic mass is 127. The third-order valence-corrected chi connectivity index (χ3v) is 8.54. The van der Waals surface area contributed by atoms with Gasteiger partial charge < -0.3 is 28.9 Å². The van der Waals surface area contributed by atoms with Crippen LogP contribution in [0.3, 0.4) is 0 Å². The van der Waals surface area contributed by atoms with E-state index in [0.717, 1.165) is 45.4 Å². The van der Waals surface area contributed by atoms with Gasteiger partial charge in [-0.3, -0.25) is 14.5 Å². The van der Waals surface area contributed by atoms with E-state index in [1.807, 2.05) is 97.1 Å². The summed E-state index contributed by atoms with van der Waals surface area (Å²) in [6.07, 6.45) is 7.86. The Morgan fingerprint density at radius 1 is 0.787 bits per heavy atom. The van der Waals surface area contributed by atoms with Crippen molar-refractivity contribution in [1.29, 1.82) is 0 Å². The normalized spacial score (nSPS) is 13.8. The van der Waals surface area contributed by atoms with Gasteiger partial charge in [-0.05, 0) is 101 Å². The Morgan fingerprint density at radius 3 is 2.02 bits per heavy atom. The van der Waals surface area contributed by atoms with Crippen molar-refractivity contribution in [3.8, 4) is 5.69 Å². The Bertz CT molecular complexity index is 2050. The molecule has 0 aliphatic carbocycles. The van der Waals surface area contributed by atoms with E-state index < -0.39 is 0 Å². The topological polar surface area (TPSA) is 49.4 Å². The number of benzene rings is 4. The number of carbonyl (C=O) groups excluding carboxylic acids is 2. The molecule has 2 heterocycles. The first-order chi connectivity index (χ1) is 22.3. The maximum atomic E-state index is 12.2. The zero-order valence-electron chi connectivity index (χ0n) is 26.8. The molecule has 0 radical (unpaired) electrons. The van der Waals surface area contributed by atoms with Crippen molar-refractivity contribution in [3.63, 3.8) is 0 Å². The number of Topliss-reactive ketones (excluding diaryl/α,β-unsaturated/α-hetero) is 2. The van der Waals surface area contributed by atoms with Gasteiger partial charge in [0.1, 0.15) is 11.5 Å². The number of anilines is 3. The molecular formula is C39H36ClIN4O2. The van der Waals surface area contributed by atoms with Gasteiger partial charge in [0.25, 0.3) is 5.82 Å². The lowest BCUT2D eigenvalue weighted by Gasteiger charge is -2.24. The molecule has 0 amide bonds. The predicted octanol–water partition coefficient (Wildman–Crippen LogP) is 6.00. The molecule has 5 aromatic rings. The molecule has 1 aromatic heterocycles. The molecule has 0 bridgehead atoms. The molecule has 47 heavy (non-hydrogen) atoms. The summed E-state index contributed by atoms with van der Waals surface area (Å²) in [4.78, 5) is 28.9. The lowest BCUT2D eigenvalue weighted by molar-refractivity contribution is -0.670. The minimum atomic E-state index is 0. The van der Waals surface area contributed by atoms with Crippen molar-refractivity contribution in [3.05, 3.63) is 143 Å². The van der Waals surface area contributed by atoms with E-state index in [0.29, 0.717) is 29.2 Å². The number of rotatable bonds is 9. The highest BCUT2D eigenvalue weighted by Gasteiger charge is 2.32. The summed E-state index contributed by atoms with van der Waals surface area (Å²) in [6.45, 7) is 8.80. The van der Waals surface area contributed by atoms with E-state index in [-0.39, 0.29) is 35.5 Å². The van der Waals surface area contributed by atoms with Gasteiger partial charge in [0.15, 0.2) is 22.6 Å². The van der Waals surface area contributed by atoms with Crippen molar-refractivity contribution in [2.45, 2.75) is 34.2 Å². The van der Waals surface area contributed by atoms with E-state index in [9.17, 15) is 9.59 Å². The number of allylic oxidation sites excluding steroid dienone is 4. The quantitative estimate of drug-likeness (QED) is 0.0803. The van der Waals surface area contributed by atoms with Crippen molar-refractivity contribution >= 4 is 57.3 Å². The standard InChI is InChI=1S/C39H36ClN4O2.HI/c1-5-41-36-25-29(27(3)45)17-21-34(36)43(32-13-9-7-10-14-32)38(41)23-19-31(40)20-24-39-42(6-2)37-26-30(28(4)46)18-22-35(37)44(39)33-15-11-8-12-16-33;/h7-26H,5-6H2,1-4H3;1H/q+1;/p-1. The molecule has 1 aliphatic heterocycles. The van der Waals surface area contributed by atoms with Crippen LogP contribution in [0.2, 0.25) is 0 Å². The van der Waals surface area contributed by atoms with Crippen LogP contribution in [0.1, 0.15) is 54.2 Å². The van der Waals surface area contributed by atoms with Crippen molar-refractivity contribution in [2.24, 2.45) is 0 Å². The number of ketones is 2. The monoisotopic (exact) mass is 754 g/mol. The number of aromatic nitrogens is 2. The third-order valence-electron chi connectivity index (χ3n) is 8.28. The van der Waals surface area contributed by atoms with Gasteiger partial charge in [-0.1, -0.05) is 48.0 Å². The first-order valence-electron chi connectivity index (χ1n) is 15.5. The van der Waals surface area contributed by atoms with Crippen LogP contribution in [-0.2, 0) is 6.54 Å². The second kappa shape index (κ2) is 14.5. The summed E-state index contributed by atoms with van der Waals surface area (Å²) < 4.78 is 4.39. The minimum Gasteiger partial charge on any atom is -1.00 e. The molecule has 0 unspecified atom stereocenters. The molecular weight excluding hydrogens is 719 g/mol. The first kappa shape index (κ1) is 33.9. The number of aryl methyl sites for hydroxylation is 1. The molecule has 0 atom stereocenters. The molecule has 238 valence electrons. The van der Waals surface area contributed by atoms with Crippen molar-refractivity contribution in [1.82, 2.24) is 4.57 Å². The Kier molecular flexibility index (Phi) is 10.5. The maximum Gasteiger partial charge on any atom is 0.287 e. The lowest BCUT2D eigenvalue weighted by Crippen LogP contribution is -3.00. The zero-order valence-corrected chi connectivity index (χ0v) is 29.7. The van der Waals surface area contributed by atoms with E-state index in [2.05, 4.69) is 57.0 Å². The molecule has 4 aromatic carbocycles. The predicted molar refractivity (Wildman–Crippen MR) is 188 cm³/mol. The molecule has 0 fully saturated rings. The van der Waals surface area contributed by atoms with Crippen LogP contribution in [0.4, 0.5) is 17.1 Å². The molecule has 0 spiro atoms. The summed E-state index contributed by atoms with van der Waals surface area (Å²) in [5.74, 6) is 1.94. The van der Waals surface area contributed by atoms with E-state index in [1.54, 1.807) is 13.8 Å². The molecule has 0 saturated carbocycles. The summed E-state index contributed by atoms with van der Waals surface area (Å²) in [5, 5.41) is 0.550. The Balaban J connectivity index is 0.00000433. The molecule has 6 rings (SSSR count). The number of halogens is 2. The average Bonchev–Trinajstić information content (AvgIpc) is 3.57. The van der Waals surface area contributed by atoms with E-state index in [4.69, 9.17) is 11.6 Å². The molecule has 0 saturated heterocycles. The van der Waals surface area contributed by atoms with Gasteiger partial charge in [0.2, 0.25) is 0 Å². The summed E-state index contributed by atoms with van der Waals surface area (Å²) in [6, 6.07) is 32.1. The largest absolute Gasteiger partial charge is 1.00 e. The van der Waals surface area contributed by atoms with Gasteiger partial charge in [-0.15, -0.1) is 0 Å². The van der Waals surface area contributed by atoms with E-state index in [1.165, 1.54) is 0 Å². The number of nitrogens with zero attached hydrogens (tertiary/aromatic N) is 4. The molecule has 1 aliphatic rings. The Labute approximate surface area is 297 Å². The molecule has 8 heteroatoms. The van der Waals surface area contributed by atoms with Crippen LogP contribution in [0.5, 0.6) is 0 Å². The van der Waals surface area contributed by atoms with E-state index >= 15 is 0 Å². The first-order valence-corrected chi connectivity index (χ1v) is 15.9. The van der Waals surface area contributed by atoms with Crippen LogP contribution >= 0.6 is 11.6 Å². The van der Waals surface area contributed by atoms with Crippen molar-refractivity contribution < 1.29 is 38.1 Å². The maximum absolute atomic E-state index is 12.2. The summed E-state index contributed by atoms with van der Waals surface area (Å²) in [7, 11) is 0. The van der Waals surface area contributed by atoms with Crippen molar-refractivity contribution in [2.75, 3.05) is 16.3 Å². The number of hydrogen-bond acceptors (Lipinski definition) is 4. The summed E-state index contributed by atoms with van der Waals surface area (Å²) >= 11 is 6.92. The van der Waals surface area contributed by atoms with Crippen LogP contribution < -0.4 is 38.3 Å². The molecule has 0 N–H and O–H groups in total. The highest BCUT2D eigenvalue weighted by molar-refractivity contribution is 6.31. The smallest absolute Gasteiger partial charge is 0.287 e. The number of carbonyl (C=O) groups is 2. The fourth-order valence-corrected chi connectivity index (χ4v) is 6.21. The van der Waals surface area contributed by atoms with Gasteiger partial charge in [0, 0.05) is 40.5 Å². The molecule has 6 nitrogen and oxygen atoms in total. The van der Waals surface area contributed by atoms with Gasteiger partial charge in [-0.2, -0.15) is 4.57 Å². The van der Waals surface area contributed by atoms with Crippen LogP contribution in [0.25, 0.3) is 22.8 Å². The number of hydrogen-bond donors (Lipinski definition) is 0. The second-order valence-electron chi connectivity index (χ2n) is 11.1. The fourth-order valence-electron chi connectivity index (χ4n) is 6.08. The zero-order chi connectivity index (χ0) is 32.4. The third kappa shape index (κ3) is 6.55. The highest BCUT2D eigenvalue weighted by Crippen LogP contribution is 2.46. The summed E-state index contributed by atoms with van der Waals surface area (Å²) in [5.41, 5.74) is 7.35. The SMILES string of the molecule is CCN1\C(=C/C=C(Cl)/C=C/c2n(-c3ccccc3)c3ccc(C(C)=O)cc3[n+]2CC)N(c2ccccc2)c2ccc(C(C)=O)cc21.[I-]. The second-order valence-corrected chi connectivity index (χ2v) is 11.6.